The van der Waals surface area contributed by atoms with E-state index in [2.05, 4.69) is 24.6 Å². The smallest absolute Gasteiger partial charge is 0.245 e. The van der Waals surface area contributed by atoms with Gasteiger partial charge in [0.25, 0.3) is 0 Å². The Hall–Kier alpha value is -2.30. The Kier molecular flexibility index (Phi) is 5.79. The third kappa shape index (κ3) is 5.13. The van der Waals surface area contributed by atoms with E-state index in [0.717, 1.165) is 17.7 Å². The predicted molar refractivity (Wildman–Crippen MR) is 91.1 cm³/mol. The van der Waals surface area contributed by atoms with Crippen LogP contribution in [0.2, 0.25) is 0 Å². The van der Waals surface area contributed by atoms with Crippen molar-refractivity contribution in [1.82, 2.24) is 15.8 Å². The molecule has 2 amide bonds. The number of hydrogen-bond acceptors (Lipinski definition) is 3. The maximum absolute atomic E-state index is 12.0. The van der Waals surface area contributed by atoms with Gasteiger partial charge in [-0.3, -0.25) is 15.0 Å². The molecule has 2 rings (SSSR count). The molecule has 1 aromatic carbocycles. The highest BCUT2D eigenvalue weighted by Crippen LogP contribution is 2.17. The summed E-state index contributed by atoms with van der Waals surface area (Å²) in [7, 11) is 0. The van der Waals surface area contributed by atoms with Gasteiger partial charge in [0.1, 0.15) is 6.54 Å². The van der Waals surface area contributed by atoms with Gasteiger partial charge in [-0.1, -0.05) is 43.7 Å². The summed E-state index contributed by atoms with van der Waals surface area (Å²) in [4.78, 5) is 23.9. The fourth-order valence-electron chi connectivity index (χ4n) is 2.30. The molecule has 5 heteroatoms. The monoisotopic (exact) mass is 315 g/mol. The minimum Gasteiger partial charge on any atom is -0.354 e. The van der Waals surface area contributed by atoms with E-state index in [0.29, 0.717) is 18.9 Å². The van der Waals surface area contributed by atoms with Crippen molar-refractivity contribution in [3.05, 3.63) is 41.5 Å². The highest BCUT2D eigenvalue weighted by Gasteiger charge is 2.21. The zero-order valence-corrected chi connectivity index (χ0v) is 14.1. The number of amides is 2. The molecule has 0 saturated carbocycles. The Morgan fingerprint density at radius 1 is 1.30 bits per heavy atom. The highest BCUT2D eigenvalue weighted by molar-refractivity contribution is 5.88. The van der Waals surface area contributed by atoms with E-state index in [-0.39, 0.29) is 18.4 Å². The molecular formula is C18H25N3O2. The Bertz CT molecular complexity index is 591. The topological polar surface area (TPSA) is 61.4 Å². The van der Waals surface area contributed by atoms with E-state index < -0.39 is 0 Å². The minimum atomic E-state index is -0.142. The number of nitrogens with one attached hydrogen (secondary N) is 2. The first kappa shape index (κ1) is 17.1. The molecule has 1 aliphatic rings. The Labute approximate surface area is 137 Å². The zero-order chi connectivity index (χ0) is 16.8. The summed E-state index contributed by atoms with van der Waals surface area (Å²) in [6.45, 7) is 6.92. The van der Waals surface area contributed by atoms with Crippen molar-refractivity contribution in [1.29, 1.82) is 0 Å². The van der Waals surface area contributed by atoms with Gasteiger partial charge in [-0.15, -0.1) is 0 Å². The number of carbonyl (C=O) groups excluding carboxylic acids is 2. The van der Waals surface area contributed by atoms with Crippen LogP contribution in [0.15, 0.2) is 30.3 Å². The first-order chi connectivity index (χ1) is 11.0. The molecule has 2 N–H and O–H groups in total. The molecule has 0 unspecified atom stereocenters. The van der Waals surface area contributed by atoms with Crippen LogP contribution in [0.4, 0.5) is 0 Å². The molecule has 5 nitrogen and oxygen atoms in total. The van der Waals surface area contributed by atoms with Gasteiger partial charge in [-0.05, 0) is 30.9 Å². The molecule has 1 aromatic rings. The quantitative estimate of drug-likeness (QED) is 0.846. The number of aryl methyl sites for hydroxylation is 1. The summed E-state index contributed by atoms with van der Waals surface area (Å²) < 4.78 is 0. The number of rotatable bonds is 6. The van der Waals surface area contributed by atoms with Crippen LogP contribution in [0.5, 0.6) is 0 Å². The average molecular weight is 315 g/mol. The molecule has 0 aliphatic carbocycles. The van der Waals surface area contributed by atoms with Crippen LogP contribution in [0.3, 0.4) is 0 Å². The number of hydrazine groups is 1. The first-order valence-corrected chi connectivity index (χ1v) is 8.06. The van der Waals surface area contributed by atoms with Crippen LogP contribution < -0.4 is 10.7 Å². The fraction of sp³-hybridized carbons (Fsp3) is 0.444. The van der Waals surface area contributed by atoms with Crippen molar-refractivity contribution < 1.29 is 9.59 Å². The Balaban J connectivity index is 1.93. The van der Waals surface area contributed by atoms with Gasteiger partial charge >= 0.3 is 0 Å². The molecule has 0 fully saturated rings. The molecule has 0 atom stereocenters. The van der Waals surface area contributed by atoms with Gasteiger partial charge in [-0.25, -0.2) is 5.01 Å². The minimum absolute atomic E-state index is 0.0279. The summed E-state index contributed by atoms with van der Waals surface area (Å²) in [6.07, 6.45) is 3.09. The van der Waals surface area contributed by atoms with Crippen LogP contribution in [0.1, 0.15) is 37.8 Å². The van der Waals surface area contributed by atoms with Gasteiger partial charge in [-0.2, -0.15) is 0 Å². The molecule has 0 aromatic heterocycles. The Morgan fingerprint density at radius 3 is 2.65 bits per heavy atom. The van der Waals surface area contributed by atoms with Gasteiger partial charge in [0.15, 0.2) is 0 Å². The van der Waals surface area contributed by atoms with Crippen LogP contribution in [-0.2, 0) is 9.59 Å². The summed E-state index contributed by atoms with van der Waals surface area (Å²) in [5.41, 5.74) is 6.10. The summed E-state index contributed by atoms with van der Waals surface area (Å²) in [6, 6.07) is 8.06. The summed E-state index contributed by atoms with van der Waals surface area (Å²) in [5, 5.41) is 4.24. The zero-order valence-electron chi connectivity index (χ0n) is 14.1. The van der Waals surface area contributed by atoms with Gasteiger partial charge < -0.3 is 5.32 Å². The molecule has 0 bridgehead atoms. The molecule has 0 spiro atoms. The highest BCUT2D eigenvalue weighted by atomic mass is 16.2. The number of nitrogens with zero attached hydrogens (tertiary/aromatic N) is 1. The van der Waals surface area contributed by atoms with Crippen molar-refractivity contribution in [2.75, 3.05) is 13.1 Å². The maximum Gasteiger partial charge on any atom is 0.245 e. The number of carbonyl (C=O) groups is 2. The van der Waals surface area contributed by atoms with Crippen molar-refractivity contribution in [3.8, 4) is 0 Å². The molecule has 1 aliphatic heterocycles. The van der Waals surface area contributed by atoms with E-state index in [4.69, 9.17) is 0 Å². The molecule has 0 saturated heterocycles. The lowest BCUT2D eigenvalue weighted by atomic mass is 10.1. The third-order valence-corrected chi connectivity index (χ3v) is 3.75. The van der Waals surface area contributed by atoms with Crippen molar-refractivity contribution in [2.45, 2.75) is 33.6 Å². The first-order valence-electron chi connectivity index (χ1n) is 8.06. The normalized spacial score (nSPS) is 14.5. The van der Waals surface area contributed by atoms with E-state index >= 15 is 0 Å². The van der Waals surface area contributed by atoms with E-state index in [1.165, 1.54) is 10.6 Å². The van der Waals surface area contributed by atoms with Crippen LogP contribution in [-0.4, -0.2) is 29.9 Å². The lowest BCUT2D eigenvalue weighted by molar-refractivity contribution is -0.137. The maximum atomic E-state index is 12.0. The van der Waals surface area contributed by atoms with Gasteiger partial charge in [0, 0.05) is 13.0 Å². The summed E-state index contributed by atoms with van der Waals surface area (Å²) >= 11 is 0. The number of benzene rings is 1. The molecule has 124 valence electrons. The molecular weight excluding hydrogens is 290 g/mol. The largest absolute Gasteiger partial charge is 0.354 e. The van der Waals surface area contributed by atoms with E-state index in [9.17, 15) is 9.59 Å². The molecule has 0 radical (unpaired) electrons. The average Bonchev–Trinajstić information content (AvgIpc) is 2.50. The van der Waals surface area contributed by atoms with Crippen LogP contribution in [0, 0.1) is 12.8 Å². The SMILES string of the molecule is Cc1ccc(C2=CCC(=O)N(CC(=O)NCCC(C)C)N2)cc1. The lowest BCUT2D eigenvalue weighted by Crippen LogP contribution is -2.49. The van der Waals surface area contributed by atoms with Gasteiger partial charge in [0.2, 0.25) is 11.8 Å². The number of hydrogen-bond donors (Lipinski definition) is 2. The predicted octanol–water partition coefficient (Wildman–Crippen LogP) is 2.24. The van der Waals surface area contributed by atoms with Crippen LogP contribution >= 0.6 is 0 Å². The van der Waals surface area contributed by atoms with Crippen molar-refractivity contribution >= 4 is 17.5 Å². The second-order valence-electron chi connectivity index (χ2n) is 6.31. The van der Waals surface area contributed by atoms with E-state index in [1.54, 1.807) is 0 Å². The van der Waals surface area contributed by atoms with Crippen LogP contribution in [0.25, 0.3) is 5.70 Å². The lowest BCUT2D eigenvalue weighted by Gasteiger charge is -2.29. The third-order valence-electron chi connectivity index (χ3n) is 3.75. The fourth-order valence-corrected chi connectivity index (χ4v) is 2.30. The molecule has 1 heterocycles. The van der Waals surface area contributed by atoms with Gasteiger partial charge in [0.05, 0.1) is 5.70 Å². The van der Waals surface area contributed by atoms with Crippen molar-refractivity contribution in [3.63, 3.8) is 0 Å². The summed E-state index contributed by atoms with van der Waals surface area (Å²) in [5.74, 6) is 0.303. The standard InChI is InChI=1S/C18H25N3O2/c1-13(2)10-11-19-17(22)12-21-18(23)9-8-16(20-21)15-6-4-14(3)5-7-15/h4-8,13,20H,9-12H2,1-3H3,(H,19,22). The second kappa shape index (κ2) is 7.81. The van der Waals surface area contributed by atoms with E-state index in [1.807, 2.05) is 37.3 Å². The Morgan fingerprint density at radius 2 is 2.00 bits per heavy atom. The molecule has 23 heavy (non-hydrogen) atoms. The van der Waals surface area contributed by atoms with Crippen molar-refractivity contribution in [2.24, 2.45) is 5.92 Å². The second-order valence-corrected chi connectivity index (χ2v) is 6.31.